The number of carbonyl (C=O) groups excluding carboxylic acids is 1. The van der Waals surface area contributed by atoms with Crippen molar-refractivity contribution in [3.05, 3.63) is 58.0 Å². The van der Waals surface area contributed by atoms with Crippen LogP contribution in [0.15, 0.2) is 36.7 Å². The van der Waals surface area contributed by atoms with Gasteiger partial charge in [-0.3, -0.25) is 20.5 Å². The van der Waals surface area contributed by atoms with Crippen molar-refractivity contribution in [2.24, 2.45) is 0 Å². The van der Waals surface area contributed by atoms with Crippen molar-refractivity contribution in [2.75, 3.05) is 5.48 Å². The molecule has 136 valence electrons. The number of thiazole rings is 1. The molecule has 0 aliphatic carbocycles. The number of fused-ring (bicyclic) bond motifs is 1. The van der Waals surface area contributed by atoms with E-state index in [-0.39, 0.29) is 32.2 Å². The minimum Gasteiger partial charge on any atom is -0.617 e. The van der Waals surface area contributed by atoms with Gasteiger partial charge in [-0.1, -0.05) is 17.4 Å². The number of hydrogen-bond donors (Lipinski definition) is 3. The number of halogens is 3. The molecule has 3 aromatic rings. The molecule has 0 unspecified atom stereocenters. The molecular formula is C15H11F3N4O3S. The number of carbonyl (C=O) groups is 1. The fourth-order valence-electron chi connectivity index (χ4n) is 2.27. The van der Waals surface area contributed by atoms with Crippen LogP contribution >= 0.6 is 11.3 Å². The topological polar surface area (TPSA) is 101 Å². The van der Waals surface area contributed by atoms with Crippen molar-refractivity contribution in [1.29, 1.82) is 0 Å². The minimum atomic E-state index is -4.71. The summed E-state index contributed by atoms with van der Waals surface area (Å²) in [6.07, 6.45) is -1.62. The highest BCUT2D eigenvalue weighted by Crippen LogP contribution is 2.36. The molecule has 26 heavy (non-hydrogen) atoms. The molecule has 2 heterocycles. The largest absolute Gasteiger partial charge is 0.617 e. The first kappa shape index (κ1) is 17.9. The van der Waals surface area contributed by atoms with Crippen molar-refractivity contribution < 1.29 is 27.9 Å². The van der Waals surface area contributed by atoms with E-state index in [1.165, 1.54) is 6.20 Å². The third kappa shape index (κ3) is 3.39. The Labute approximate surface area is 148 Å². The maximum Gasteiger partial charge on any atom is 0.416 e. The van der Waals surface area contributed by atoms with Gasteiger partial charge in [-0.2, -0.15) is 13.2 Å². The summed E-state index contributed by atoms with van der Waals surface area (Å²) in [7, 11) is 0. The minimum absolute atomic E-state index is 0.0297. The Hall–Kier alpha value is -2.92. The zero-order valence-corrected chi connectivity index (χ0v) is 13.7. The van der Waals surface area contributed by atoms with Gasteiger partial charge in [0.25, 0.3) is 0 Å². The van der Waals surface area contributed by atoms with E-state index in [9.17, 15) is 23.2 Å². The third-order valence-electron chi connectivity index (χ3n) is 3.49. The quantitative estimate of drug-likeness (QED) is 0.365. The zero-order valence-electron chi connectivity index (χ0n) is 12.9. The number of aromatic nitrogens is 2. The van der Waals surface area contributed by atoms with Gasteiger partial charge in [-0.25, -0.2) is 0 Å². The predicted octanol–water partition coefficient (Wildman–Crippen LogP) is 2.68. The molecule has 0 aliphatic heterocycles. The van der Waals surface area contributed by atoms with Crippen LogP contribution in [0.3, 0.4) is 0 Å². The second-order valence-corrected chi connectivity index (χ2v) is 6.23. The lowest BCUT2D eigenvalue weighted by Crippen LogP contribution is -2.37. The summed E-state index contributed by atoms with van der Waals surface area (Å²) in [5, 5.41) is 23.6. The van der Waals surface area contributed by atoms with Gasteiger partial charge in [0.1, 0.15) is 4.70 Å². The highest BCUT2D eigenvalue weighted by molar-refractivity contribution is 7.20. The summed E-state index contributed by atoms with van der Waals surface area (Å²) in [6, 6.07) is 4.69. The van der Waals surface area contributed by atoms with Crippen LogP contribution in [0, 0.1) is 5.21 Å². The van der Waals surface area contributed by atoms with Gasteiger partial charge >= 0.3 is 17.1 Å². The number of nitrogens with zero attached hydrogens (tertiary/aromatic N) is 2. The van der Waals surface area contributed by atoms with Gasteiger partial charge in [0.05, 0.1) is 11.3 Å². The first-order valence-corrected chi connectivity index (χ1v) is 7.97. The number of nitrogens with one attached hydrogen (secondary N) is 2. The molecule has 0 radical (unpaired) electrons. The molecular weight excluding hydrogens is 373 g/mol. The Bertz CT molecular complexity index is 960. The molecule has 3 rings (SSSR count). The first-order chi connectivity index (χ1) is 12.3. The summed E-state index contributed by atoms with van der Waals surface area (Å²) in [4.78, 5) is 16.1. The monoisotopic (exact) mass is 384 g/mol. The Kier molecular flexibility index (Phi) is 4.66. The molecule has 1 amide bonds. The van der Waals surface area contributed by atoms with E-state index < -0.39 is 17.6 Å². The number of alkyl halides is 3. The van der Waals surface area contributed by atoms with Gasteiger partial charge in [0, 0.05) is 25.0 Å². The van der Waals surface area contributed by atoms with Gasteiger partial charge in [0.2, 0.25) is 5.52 Å². The fraction of sp³-hybridized carbons (Fsp3) is 0.133. The normalized spacial score (nSPS) is 11.5. The molecule has 0 saturated carbocycles. The molecule has 7 nitrogen and oxygen atoms in total. The number of anilines is 1. The van der Waals surface area contributed by atoms with Gasteiger partial charge in [0.15, 0.2) is 0 Å². The van der Waals surface area contributed by atoms with E-state index >= 15 is 0 Å². The van der Waals surface area contributed by atoms with Crippen LogP contribution in [0.4, 0.5) is 18.9 Å². The SMILES string of the molecule is O=C(NCc1cccnc1)c1sc2c(NO)cc(C(F)(F)F)cc2[n+]1[O-]. The summed E-state index contributed by atoms with van der Waals surface area (Å²) in [5.74, 6) is -0.748. The summed E-state index contributed by atoms with van der Waals surface area (Å²) in [5.41, 5.74) is 0.533. The maximum absolute atomic E-state index is 12.9. The van der Waals surface area contributed by atoms with E-state index in [1.807, 2.05) is 0 Å². The van der Waals surface area contributed by atoms with Crippen LogP contribution in [0.1, 0.15) is 20.9 Å². The Morgan fingerprint density at radius 3 is 2.77 bits per heavy atom. The number of benzene rings is 1. The molecule has 0 saturated heterocycles. The van der Waals surface area contributed by atoms with Crippen LogP contribution < -0.4 is 15.5 Å². The van der Waals surface area contributed by atoms with Crippen molar-refractivity contribution in [3.8, 4) is 0 Å². The van der Waals surface area contributed by atoms with E-state index in [0.717, 1.165) is 0 Å². The number of amides is 1. The van der Waals surface area contributed by atoms with Crippen LogP contribution in [-0.4, -0.2) is 16.1 Å². The van der Waals surface area contributed by atoms with Crippen molar-refractivity contribution >= 4 is 33.1 Å². The maximum atomic E-state index is 12.9. The molecule has 11 heteroatoms. The van der Waals surface area contributed by atoms with Crippen molar-refractivity contribution in [2.45, 2.75) is 12.7 Å². The van der Waals surface area contributed by atoms with Gasteiger partial charge in [-0.05, 0) is 17.7 Å². The molecule has 1 aromatic carbocycles. The van der Waals surface area contributed by atoms with Crippen molar-refractivity contribution in [3.63, 3.8) is 0 Å². The highest BCUT2D eigenvalue weighted by Gasteiger charge is 2.34. The lowest BCUT2D eigenvalue weighted by molar-refractivity contribution is -0.574. The first-order valence-electron chi connectivity index (χ1n) is 7.15. The number of rotatable bonds is 4. The van der Waals surface area contributed by atoms with Gasteiger partial charge < -0.3 is 10.5 Å². The van der Waals surface area contributed by atoms with Gasteiger partial charge in [-0.15, -0.1) is 4.73 Å². The van der Waals surface area contributed by atoms with E-state index in [1.54, 1.807) is 23.8 Å². The fourth-order valence-corrected chi connectivity index (χ4v) is 3.27. The third-order valence-corrected chi connectivity index (χ3v) is 4.67. The smallest absolute Gasteiger partial charge is 0.416 e. The summed E-state index contributed by atoms with van der Waals surface area (Å²) in [6.45, 7) is 0.0971. The van der Waals surface area contributed by atoms with E-state index in [4.69, 9.17) is 5.21 Å². The average Bonchev–Trinajstić information content (AvgIpc) is 2.96. The Morgan fingerprint density at radius 2 is 2.15 bits per heavy atom. The van der Waals surface area contributed by atoms with E-state index in [0.29, 0.717) is 29.0 Å². The molecule has 0 atom stereocenters. The lowest BCUT2D eigenvalue weighted by atomic mass is 10.2. The molecule has 0 bridgehead atoms. The van der Waals surface area contributed by atoms with Crippen molar-refractivity contribution in [1.82, 2.24) is 10.3 Å². The Balaban J connectivity index is 1.96. The Morgan fingerprint density at radius 1 is 1.38 bits per heavy atom. The second-order valence-electron chi connectivity index (χ2n) is 5.23. The molecule has 2 aromatic heterocycles. The standard InChI is InChI=1S/C15H11F3N4O3S/c16-15(17,18)9-4-10(21-24)12-11(5-9)22(25)14(26-12)13(23)20-7-8-2-1-3-19-6-8/h1-6,21,24H,7H2,(H,20,23). The van der Waals surface area contributed by atoms with Crippen LogP contribution in [0.5, 0.6) is 0 Å². The molecule has 0 spiro atoms. The average molecular weight is 384 g/mol. The molecule has 0 fully saturated rings. The van der Waals surface area contributed by atoms with Crippen LogP contribution in [0.25, 0.3) is 10.2 Å². The lowest BCUT2D eigenvalue weighted by Gasteiger charge is -2.08. The zero-order chi connectivity index (χ0) is 18.9. The number of pyridine rings is 1. The number of hydrogen-bond acceptors (Lipinski definition) is 6. The highest BCUT2D eigenvalue weighted by atomic mass is 32.1. The molecule has 0 aliphatic rings. The van der Waals surface area contributed by atoms with Crippen LogP contribution in [-0.2, 0) is 12.7 Å². The molecule has 3 N–H and O–H groups in total. The van der Waals surface area contributed by atoms with E-state index in [2.05, 4.69) is 10.3 Å². The summed E-state index contributed by atoms with van der Waals surface area (Å²) < 4.78 is 39.0. The van der Waals surface area contributed by atoms with Crippen LogP contribution in [0.2, 0.25) is 0 Å². The summed E-state index contributed by atoms with van der Waals surface area (Å²) >= 11 is 0.671. The second kappa shape index (κ2) is 6.77. The predicted molar refractivity (Wildman–Crippen MR) is 86.6 cm³/mol.